The number of aromatic nitrogens is 2. The molecule has 0 bridgehead atoms. The normalized spacial score (nSPS) is 20.0. The standard InChI is InChI=1S/C20H22ClFN4O2/c1-13-11-25(7-8-26(13)20(27)14-3-2-4-14)18-10-19(24-12-23-18)28-17-6-5-15(21)9-16(17)22/h5-6,9-10,12-14H,2-4,7-8,11H2,1H3/t13-/m1/s1. The summed E-state index contributed by atoms with van der Waals surface area (Å²) in [5.41, 5.74) is 0. The van der Waals surface area contributed by atoms with Crippen LogP contribution in [0.2, 0.25) is 5.02 Å². The molecule has 148 valence electrons. The van der Waals surface area contributed by atoms with Crippen molar-refractivity contribution in [3.8, 4) is 11.6 Å². The molecule has 1 aliphatic heterocycles. The van der Waals surface area contributed by atoms with Gasteiger partial charge in [0.2, 0.25) is 11.8 Å². The summed E-state index contributed by atoms with van der Waals surface area (Å²) in [7, 11) is 0. The van der Waals surface area contributed by atoms with Crippen molar-refractivity contribution in [1.29, 1.82) is 0 Å². The van der Waals surface area contributed by atoms with Crippen molar-refractivity contribution >= 4 is 23.3 Å². The summed E-state index contributed by atoms with van der Waals surface area (Å²) >= 11 is 5.77. The van der Waals surface area contributed by atoms with Crippen LogP contribution in [0, 0.1) is 11.7 Å². The smallest absolute Gasteiger partial charge is 0.226 e. The number of nitrogens with zero attached hydrogens (tertiary/aromatic N) is 4. The number of rotatable bonds is 4. The average molecular weight is 405 g/mol. The zero-order valence-corrected chi connectivity index (χ0v) is 16.4. The van der Waals surface area contributed by atoms with Gasteiger partial charge in [-0.05, 0) is 38.0 Å². The molecular formula is C20H22ClFN4O2. The summed E-state index contributed by atoms with van der Waals surface area (Å²) in [6.07, 6.45) is 4.58. The first-order valence-electron chi connectivity index (χ1n) is 9.51. The highest BCUT2D eigenvalue weighted by molar-refractivity contribution is 6.30. The van der Waals surface area contributed by atoms with Crippen molar-refractivity contribution < 1.29 is 13.9 Å². The molecule has 0 N–H and O–H groups in total. The van der Waals surface area contributed by atoms with Crippen LogP contribution in [-0.2, 0) is 4.79 Å². The van der Waals surface area contributed by atoms with E-state index in [-0.39, 0.29) is 29.5 Å². The number of carbonyl (C=O) groups excluding carboxylic acids is 1. The van der Waals surface area contributed by atoms with E-state index in [1.54, 1.807) is 12.1 Å². The van der Waals surface area contributed by atoms with E-state index >= 15 is 0 Å². The summed E-state index contributed by atoms with van der Waals surface area (Å²) in [5.74, 6) is 0.946. The molecule has 2 aromatic rings. The fourth-order valence-electron chi connectivity index (χ4n) is 3.61. The highest BCUT2D eigenvalue weighted by Crippen LogP contribution is 2.31. The number of amides is 1. The van der Waals surface area contributed by atoms with E-state index < -0.39 is 5.82 Å². The van der Waals surface area contributed by atoms with Crippen molar-refractivity contribution in [3.63, 3.8) is 0 Å². The molecule has 2 heterocycles. The van der Waals surface area contributed by atoms with Gasteiger partial charge >= 0.3 is 0 Å². The second kappa shape index (κ2) is 7.91. The first-order chi connectivity index (χ1) is 13.5. The number of piperazine rings is 1. The Hall–Kier alpha value is -2.41. The largest absolute Gasteiger partial charge is 0.436 e. The zero-order valence-electron chi connectivity index (χ0n) is 15.6. The van der Waals surface area contributed by atoms with Gasteiger partial charge in [-0.15, -0.1) is 0 Å². The fourth-order valence-corrected chi connectivity index (χ4v) is 3.77. The van der Waals surface area contributed by atoms with Gasteiger partial charge in [0, 0.05) is 42.7 Å². The van der Waals surface area contributed by atoms with Crippen LogP contribution in [0.3, 0.4) is 0 Å². The maximum Gasteiger partial charge on any atom is 0.226 e. The maximum absolute atomic E-state index is 14.0. The molecule has 1 saturated carbocycles. The van der Waals surface area contributed by atoms with Crippen molar-refractivity contribution in [3.05, 3.63) is 41.4 Å². The Labute approximate surface area is 168 Å². The van der Waals surface area contributed by atoms with Gasteiger partial charge in [0.1, 0.15) is 12.1 Å². The van der Waals surface area contributed by atoms with Crippen LogP contribution in [-0.4, -0.2) is 46.5 Å². The lowest BCUT2D eigenvalue weighted by Crippen LogP contribution is -2.56. The van der Waals surface area contributed by atoms with E-state index in [0.29, 0.717) is 30.5 Å². The van der Waals surface area contributed by atoms with Crippen LogP contribution in [0.5, 0.6) is 11.6 Å². The lowest BCUT2D eigenvalue weighted by molar-refractivity contribution is -0.140. The number of carbonyl (C=O) groups is 1. The van der Waals surface area contributed by atoms with Gasteiger partial charge in [0.15, 0.2) is 11.6 Å². The second-order valence-electron chi connectivity index (χ2n) is 7.35. The summed E-state index contributed by atoms with van der Waals surface area (Å²) in [6.45, 7) is 4.10. The molecular weight excluding hydrogens is 383 g/mol. The first kappa shape index (κ1) is 18.9. The number of hydrogen-bond acceptors (Lipinski definition) is 5. The molecule has 1 aromatic heterocycles. The van der Waals surface area contributed by atoms with Crippen LogP contribution in [0.15, 0.2) is 30.6 Å². The minimum absolute atomic E-state index is 0.0540. The monoisotopic (exact) mass is 404 g/mol. The van der Waals surface area contributed by atoms with E-state index in [2.05, 4.69) is 21.8 Å². The molecule has 1 amide bonds. The minimum atomic E-state index is -0.551. The van der Waals surface area contributed by atoms with E-state index in [1.807, 2.05) is 4.90 Å². The van der Waals surface area contributed by atoms with Crippen LogP contribution in [0.4, 0.5) is 10.2 Å². The Morgan fingerprint density at radius 3 is 2.75 bits per heavy atom. The predicted octanol–water partition coefficient (Wildman–Crippen LogP) is 3.90. The highest BCUT2D eigenvalue weighted by Gasteiger charge is 2.34. The topological polar surface area (TPSA) is 58.6 Å². The summed E-state index contributed by atoms with van der Waals surface area (Å²) in [4.78, 5) is 25.0. The third-order valence-corrected chi connectivity index (χ3v) is 5.66. The molecule has 2 fully saturated rings. The van der Waals surface area contributed by atoms with Crippen LogP contribution in [0.1, 0.15) is 26.2 Å². The van der Waals surface area contributed by atoms with Gasteiger partial charge in [-0.25, -0.2) is 14.4 Å². The van der Waals surface area contributed by atoms with Gasteiger partial charge in [-0.2, -0.15) is 0 Å². The predicted molar refractivity (Wildman–Crippen MR) is 104 cm³/mol. The van der Waals surface area contributed by atoms with Crippen LogP contribution in [0.25, 0.3) is 0 Å². The zero-order chi connectivity index (χ0) is 19.7. The van der Waals surface area contributed by atoms with Crippen LogP contribution < -0.4 is 9.64 Å². The molecule has 2 aliphatic rings. The van der Waals surface area contributed by atoms with E-state index in [9.17, 15) is 9.18 Å². The summed E-state index contributed by atoms with van der Waals surface area (Å²) < 4.78 is 19.5. The van der Waals surface area contributed by atoms with Gasteiger partial charge in [0.25, 0.3) is 0 Å². The molecule has 0 radical (unpaired) electrons. The Morgan fingerprint density at radius 1 is 1.25 bits per heavy atom. The quantitative estimate of drug-likeness (QED) is 0.773. The Bertz CT molecular complexity index is 877. The maximum atomic E-state index is 14.0. The van der Waals surface area contributed by atoms with Crippen molar-refractivity contribution in [2.75, 3.05) is 24.5 Å². The van der Waals surface area contributed by atoms with Crippen molar-refractivity contribution in [2.24, 2.45) is 5.92 Å². The lowest BCUT2D eigenvalue weighted by Gasteiger charge is -2.43. The Kier molecular flexibility index (Phi) is 5.35. The van der Waals surface area contributed by atoms with Crippen molar-refractivity contribution in [1.82, 2.24) is 14.9 Å². The first-order valence-corrected chi connectivity index (χ1v) is 9.89. The molecule has 1 aromatic carbocycles. The van der Waals surface area contributed by atoms with Gasteiger partial charge in [-0.1, -0.05) is 18.0 Å². The third kappa shape index (κ3) is 3.90. The molecule has 1 atom stereocenters. The lowest BCUT2D eigenvalue weighted by atomic mass is 9.84. The number of halogens is 2. The summed E-state index contributed by atoms with van der Waals surface area (Å²) in [5, 5.41) is 0.302. The second-order valence-corrected chi connectivity index (χ2v) is 7.78. The van der Waals surface area contributed by atoms with Gasteiger partial charge in [0.05, 0.1) is 0 Å². The fraction of sp³-hybridized carbons (Fsp3) is 0.450. The molecule has 0 unspecified atom stereocenters. The molecule has 8 heteroatoms. The molecule has 1 aliphatic carbocycles. The number of ether oxygens (including phenoxy) is 1. The van der Waals surface area contributed by atoms with Gasteiger partial charge in [-0.3, -0.25) is 4.79 Å². The molecule has 1 saturated heterocycles. The van der Waals surface area contributed by atoms with Crippen LogP contribution >= 0.6 is 11.6 Å². The van der Waals surface area contributed by atoms with Gasteiger partial charge < -0.3 is 14.5 Å². The average Bonchev–Trinajstić information content (AvgIpc) is 2.63. The Morgan fingerprint density at radius 2 is 2.07 bits per heavy atom. The number of benzene rings is 1. The Balaban J connectivity index is 1.44. The molecule has 0 spiro atoms. The highest BCUT2D eigenvalue weighted by atomic mass is 35.5. The number of hydrogen-bond donors (Lipinski definition) is 0. The van der Waals surface area contributed by atoms with Crippen molar-refractivity contribution in [2.45, 2.75) is 32.2 Å². The SMILES string of the molecule is C[C@@H]1CN(c2cc(Oc3ccc(Cl)cc3F)ncn2)CCN1C(=O)C1CCC1. The minimum Gasteiger partial charge on any atom is -0.436 e. The third-order valence-electron chi connectivity index (χ3n) is 5.42. The van der Waals surface area contributed by atoms with E-state index in [4.69, 9.17) is 16.3 Å². The van der Waals surface area contributed by atoms with E-state index in [1.165, 1.54) is 18.5 Å². The van der Waals surface area contributed by atoms with E-state index in [0.717, 1.165) is 19.3 Å². The summed E-state index contributed by atoms with van der Waals surface area (Å²) in [6, 6.07) is 6.01. The molecule has 6 nitrogen and oxygen atoms in total. The molecule has 4 rings (SSSR count). The molecule has 28 heavy (non-hydrogen) atoms. The number of anilines is 1.